The van der Waals surface area contributed by atoms with Gasteiger partial charge in [0.15, 0.2) is 5.82 Å². The van der Waals surface area contributed by atoms with Gasteiger partial charge in [0, 0.05) is 11.7 Å². The minimum absolute atomic E-state index is 0.148. The molecule has 0 bridgehead atoms. The van der Waals surface area contributed by atoms with E-state index in [9.17, 15) is 4.79 Å². The van der Waals surface area contributed by atoms with Gasteiger partial charge in [0.05, 0.1) is 0 Å². The highest BCUT2D eigenvalue weighted by molar-refractivity contribution is 5.99. The molecule has 1 amide bonds. The van der Waals surface area contributed by atoms with Gasteiger partial charge in [0.25, 0.3) is 5.91 Å². The van der Waals surface area contributed by atoms with E-state index in [2.05, 4.69) is 29.4 Å². The third-order valence-corrected chi connectivity index (χ3v) is 2.76. The SMILES string of the molecule is Cc1[nH]nc(N)c1C(=O)NC(C)CCC(C)C. The molecule has 0 aromatic carbocycles. The number of nitrogens with two attached hydrogens (primary N) is 1. The first-order valence-electron chi connectivity index (χ1n) is 6.03. The van der Waals surface area contributed by atoms with Crippen molar-refractivity contribution >= 4 is 11.7 Å². The Hall–Kier alpha value is -1.52. The first-order valence-corrected chi connectivity index (χ1v) is 6.03. The minimum atomic E-state index is -0.148. The molecule has 0 aliphatic rings. The highest BCUT2D eigenvalue weighted by atomic mass is 16.1. The van der Waals surface area contributed by atoms with Crippen molar-refractivity contribution < 1.29 is 4.79 Å². The predicted octanol–water partition coefficient (Wildman–Crippen LogP) is 1.85. The Bertz CT molecular complexity index is 364. The lowest BCUT2D eigenvalue weighted by Crippen LogP contribution is -2.33. The molecule has 0 fully saturated rings. The molecule has 5 nitrogen and oxygen atoms in total. The Morgan fingerprint density at radius 3 is 2.53 bits per heavy atom. The molecular formula is C12H22N4O. The van der Waals surface area contributed by atoms with Crippen LogP contribution in [0.3, 0.4) is 0 Å². The molecule has 1 heterocycles. The third kappa shape index (κ3) is 3.76. The summed E-state index contributed by atoms with van der Waals surface area (Å²) in [6.45, 7) is 8.14. The summed E-state index contributed by atoms with van der Waals surface area (Å²) in [6.07, 6.45) is 2.07. The summed E-state index contributed by atoms with van der Waals surface area (Å²) < 4.78 is 0. The predicted molar refractivity (Wildman–Crippen MR) is 68.7 cm³/mol. The van der Waals surface area contributed by atoms with Crippen molar-refractivity contribution in [3.05, 3.63) is 11.3 Å². The van der Waals surface area contributed by atoms with Gasteiger partial charge >= 0.3 is 0 Å². The lowest BCUT2D eigenvalue weighted by molar-refractivity contribution is 0.0937. The number of nitrogens with one attached hydrogen (secondary N) is 2. The van der Waals surface area contributed by atoms with Crippen molar-refractivity contribution in [1.82, 2.24) is 15.5 Å². The highest BCUT2D eigenvalue weighted by Gasteiger charge is 2.17. The maximum absolute atomic E-state index is 12.0. The fourth-order valence-corrected chi connectivity index (χ4v) is 1.69. The molecule has 17 heavy (non-hydrogen) atoms. The Kier molecular flexibility index (Phi) is 4.54. The van der Waals surface area contributed by atoms with E-state index >= 15 is 0 Å². The van der Waals surface area contributed by atoms with Crippen molar-refractivity contribution in [2.45, 2.75) is 46.6 Å². The van der Waals surface area contributed by atoms with Crippen molar-refractivity contribution in [3.8, 4) is 0 Å². The highest BCUT2D eigenvalue weighted by Crippen LogP contribution is 2.13. The first kappa shape index (κ1) is 13.5. The number of anilines is 1. The Balaban J connectivity index is 2.55. The van der Waals surface area contributed by atoms with Crippen molar-refractivity contribution in [3.63, 3.8) is 0 Å². The quantitative estimate of drug-likeness (QED) is 0.732. The Morgan fingerprint density at radius 1 is 1.41 bits per heavy atom. The van der Waals surface area contributed by atoms with Gasteiger partial charge in [-0.05, 0) is 32.6 Å². The van der Waals surface area contributed by atoms with E-state index in [1.54, 1.807) is 6.92 Å². The van der Waals surface area contributed by atoms with Gasteiger partial charge in [-0.1, -0.05) is 13.8 Å². The van der Waals surface area contributed by atoms with E-state index in [-0.39, 0.29) is 17.8 Å². The topological polar surface area (TPSA) is 83.8 Å². The molecule has 0 saturated carbocycles. The largest absolute Gasteiger partial charge is 0.382 e. The van der Waals surface area contributed by atoms with Crippen LogP contribution in [-0.2, 0) is 0 Å². The molecule has 0 aliphatic heterocycles. The lowest BCUT2D eigenvalue weighted by atomic mass is 10.0. The monoisotopic (exact) mass is 238 g/mol. The first-order chi connectivity index (χ1) is 7.91. The number of amides is 1. The molecule has 4 N–H and O–H groups in total. The van der Waals surface area contributed by atoms with Crippen LogP contribution in [0, 0.1) is 12.8 Å². The molecule has 1 unspecified atom stereocenters. The van der Waals surface area contributed by atoms with Crippen LogP contribution in [0.2, 0.25) is 0 Å². The molecule has 1 aromatic rings. The van der Waals surface area contributed by atoms with Crippen LogP contribution in [0.25, 0.3) is 0 Å². The number of aryl methyl sites for hydroxylation is 1. The fraction of sp³-hybridized carbons (Fsp3) is 0.667. The zero-order valence-electron chi connectivity index (χ0n) is 11.0. The average molecular weight is 238 g/mol. The maximum Gasteiger partial charge on any atom is 0.257 e. The second kappa shape index (κ2) is 5.70. The molecule has 1 aromatic heterocycles. The van der Waals surface area contributed by atoms with E-state index < -0.39 is 0 Å². The molecule has 0 saturated heterocycles. The van der Waals surface area contributed by atoms with Crippen molar-refractivity contribution in [1.29, 1.82) is 0 Å². The van der Waals surface area contributed by atoms with E-state index in [1.165, 1.54) is 0 Å². The number of hydrogen-bond acceptors (Lipinski definition) is 3. The molecule has 5 heteroatoms. The van der Waals surface area contributed by atoms with Gasteiger partial charge in [-0.2, -0.15) is 5.10 Å². The third-order valence-electron chi connectivity index (χ3n) is 2.76. The van der Waals surface area contributed by atoms with Crippen LogP contribution in [0.1, 0.15) is 49.7 Å². The van der Waals surface area contributed by atoms with Gasteiger partial charge in [-0.25, -0.2) is 0 Å². The number of hydrogen-bond donors (Lipinski definition) is 3. The van der Waals surface area contributed by atoms with E-state index in [4.69, 9.17) is 5.73 Å². The zero-order chi connectivity index (χ0) is 13.0. The number of rotatable bonds is 5. The molecule has 96 valence electrons. The van der Waals surface area contributed by atoms with Crippen LogP contribution in [-0.4, -0.2) is 22.1 Å². The van der Waals surface area contributed by atoms with E-state index in [0.717, 1.165) is 12.8 Å². The molecule has 0 spiro atoms. The number of nitrogens with zero attached hydrogens (tertiary/aromatic N) is 1. The number of carbonyl (C=O) groups is 1. The van der Waals surface area contributed by atoms with Gasteiger partial charge < -0.3 is 11.1 Å². The van der Waals surface area contributed by atoms with Gasteiger partial charge in [-0.15, -0.1) is 0 Å². The van der Waals surface area contributed by atoms with Gasteiger partial charge in [-0.3, -0.25) is 9.89 Å². The zero-order valence-corrected chi connectivity index (χ0v) is 11.0. The van der Waals surface area contributed by atoms with Gasteiger partial charge in [0.2, 0.25) is 0 Å². The standard InChI is InChI=1S/C12H22N4O/c1-7(2)5-6-8(3)14-12(17)10-9(4)15-16-11(10)13/h7-8H,5-6H2,1-4H3,(H,14,17)(H3,13,15,16). The summed E-state index contributed by atoms with van der Waals surface area (Å²) >= 11 is 0. The molecular weight excluding hydrogens is 216 g/mol. The van der Waals surface area contributed by atoms with Crippen molar-refractivity contribution in [2.24, 2.45) is 5.92 Å². The van der Waals surface area contributed by atoms with Crippen molar-refractivity contribution in [2.75, 3.05) is 5.73 Å². The minimum Gasteiger partial charge on any atom is -0.382 e. The number of aromatic nitrogens is 2. The summed E-state index contributed by atoms with van der Waals surface area (Å²) in [5.74, 6) is 0.760. The number of carbonyl (C=O) groups excluding carboxylic acids is 1. The Morgan fingerprint density at radius 2 is 2.06 bits per heavy atom. The van der Waals surface area contributed by atoms with E-state index in [0.29, 0.717) is 17.2 Å². The van der Waals surface area contributed by atoms with Crippen LogP contribution in [0.15, 0.2) is 0 Å². The molecule has 1 atom stereocenters. The number of nitrogen functional groups attached to an aromatic ring is 1. The number of aromatic amines is 1. The van der Waals surface area contributed by atoms with Crippen LogP contribution in [0.5, 0.6) is 0 Å². The summed E-state index contributed by atoms with van der Waals surface area (Å²) in [6, 6.07) is 0.151. The van der Waals surface area contributed by atoms with Gasteiger partial charge in [0.1, 0.15) is 5.56 Å². The smallest absolute Gasteiger partial charge is 0.257 e. The second-order valence-corrected chi connectivity index (χ2v) is 4.95. The molecule has 0 radical (unpaired) electrons. The van der Waals surface area contributed by atoms with Crippen LogP contribution >= 0.6 is 0 Å². The molecule has 1 rings (SSSR count). The normalized spacial score (nSPS) is 12.8. The summed E-state index contributed by atoms with van der Waals surface area (Å²) in [5.41, 5.74) is 6.80. The summed E-state index contributed by atoms with van der Waals surface area (Å²) in [4.78, 5) is 12.0. The number of H-pyrrole nitrogens is 1. The van der Waals surface area contributed by atoms with Crippen LogP contribution in [0.4, 0.5) is 5.82 Å². The fourth-order valence-electron chi connectivity index (χ4n) is 1.69. The van der Waals surface area contributed by atoms with Crippen LogP contribution < -0.4 is 11.1 Å². The average Bonchev–Trinajstić information content (AvgIpc) is 2.55. The Labute approximate surface area is 102 Å². The maximum atomic E-state index is 12.0. The summed E-state index contributed by atoms with van der Waals surface area (Å²) in [7, 11) is 0. The summed E-state index contributed by atoms with van der Waals surface area (Å²) in [5, 5.41) is 9.46. The van der Waals surface area contributed by atoms with E-state index in [1.807, 2.05) is 6.92 Å². The molecule has 0 aliphatic carbocycles. The second-order valence-electron chi connectivity index (χ2n) is 4.95. The lowest BCUT2D eigenvalue weighted by Gasteiger charge is -2.15.